The second-order valence-electron chi connectivity index (χ2n) is 7.20. The Morgan fingerprint density at radius 2 is 1.69 bits per heavy atom. The molecule has 0 spiro atoms. The van der Waals surface area contributed by atoms with Crippen molar-refractivity contribution in [3.8, 4) is 5.75 Å². The predicted octanol–water partition coefficient (Wildman–Crippen LogP) is 2.60. The van der Waals surface area contributed by atoms with Gasteiger partial charge < -0.3 is 25.0 Å². The van der Waals surface area contributed by atoms with E-state index in [-0.39, 0.29) is 31.5 Å². The average molecular weight is 442 g/mol. The second-order valence-corrected chi connectivity index (χ2v) is 7.20. The molecular formula is C24H31N3O5. The van der Waals surface area contributed by atoms with Gasteiger partial charge >= 0.3 is 0 Å². The van der Waals surface area contributed by atoms with Crippen LogP contribution < -0.4 is 15.4 Å². The van der Waals surface area contributed by atoms with Gasteiger partial charge in [0.2, 0.25) is 17.7 Å². The van der Waals surface area contributed by atoms with E-state index in [1.165, 1.54) is 4.90 Å². The summed E-state index contributed by atoms with van der Waals surface area (Å²) in [5, 5.41) is 5.25. The molecule has 0 saturated heterocycles. The Balaban J connectivity index is 1.77. The molecule has 0 bridgehead atoms. The minimum Gasteiger partial charge on any atom is -0.497 e. The van der Waals surface area contributed by atoms with Crippen molar-refractivity contribution in [3.05, 3.63) is 60.2 Å². The molecule has 2 aromatic carbocycles. The van der Waals surface area contributed by atoms with Crippen LogP contribution in [0.25, 0.3) is 0 Å². The Morgan fingerprint density at radius 1 is 0.969 bits per heavy atom. The van der Waals surface area contributed by atoms with E-state index in [4.69, 9.17) is 9.47 Å². The fourth-order valence-corrected chi connectivity index (χ4v) is 2.85. The van der Waals surface area contributed by atoms with E-state index in [9.17, 15) is 14.4 Å². The highest BCUT2D eigenvalue weighted by Crippen LogP contribution is 2.14. The average Bonchev–Trinajstić information content (AvgIpc) is 2.81. The third-order valence-electron chi connectivity index (χ3n) is 4.63. The second kappa shape index (κ2) is 13.8. The van der Waals surface area contributed by atoms with Gasteiger partial charge in [-0.1, -0.05) is 43.7 Å². The molecule has 0 atom stereocenters. The third kappa shape index (κ3) is 9.18. The summed E-state index contributed by atoms with van der Waals surface area (Å²) in [6.45, 7) is 2.37. The number of carbonyl (C=O) groups is 3. The van der Waals surface area contributed by atoms with Crippen molar-refractivity contribution < 1.29 is 23.9 Å². The summed E-state index contributed by atoms with van der Waals surface area (Å²) in [7, 11) is 1.56. The Hall–Kier alpha value is -3.39. The molecule has 8 heteroatoms. The number of rotatable bonds is 13. The molecule has 172 valence electrons. The summed E-state index contributed by atoms with van der Waals surface area (Å²) >= 11 is 0. The zero-order chi connectivity index (χ0) is 23.2. The van der Waals surface area contributed by atoms with Crippen LogP contribution in [0.15, 0.2) is 54.6 Å². The Kier molecular flexibility index (Phi) is 10.7. The molecule has 0 aromatic heterocycles. The summed E-state index contributed by atoms with van der Waals surface area (Å²) in [6, 6.07) is 16.4. The van der Waals surface area contributed by atoms with Crippen LogP contribution in [0.4, 0.5) is 5.69 Å². The molecule has 2 rings (SSSR count). The van der Waals surface area contributed by atoms with Crippen LogP contribution in [0.5, 0.6) is 5.75 Å². The first-order chi connectivity index (χ1) is 15.5. The Bertz CT molecular complexity index is 856. The van der Waals surface area contributed by atoms with E-state index in [0.717, 1.165) is 18.4 Å². The van der Waals surface area contributed by atoms with Crippen molar-refractivity contribution in [1.82, 2.24) is 10.2 Å². The summed E-state index contributed by atoms with van der Waals surface area (Å²) in [5.41, 5.74) is 1.57. The normalized spacial score (nSPS) is 10.3. The number of methoxy groups -OCH3 is 1. The summed E-state index contributed by atoms with van der Waals surface area (Å²) in [5.74, 6) is -0.336. The van der Waals surface area contributed by atoms with Crippen LogP contribution in [0.1, 0.15) is 25.3 Å². The van der Waals surface area contributed by atoms with Crippen LogP contribution in [0.2, 0.25) is 0 Å². The lowest BCUT2D eigenvalue weighted by Gasteiger charge is -2.22. The molecule has 2 aromatic rings. The maximum absolute atomic E-state index is 12.5. The van der Waals surface area contributed by atoms with E-state index >= 15 is 0 Å². The maximum atomic E-state index is 12.5. The third-order valence-corrected chi connectivity index (χ3v) is 4.63. The minimum atomic E-state index is -0.401. The molecule has 0 saturated carbocycles. The molecule has 0 radical (unpaired) electrons. The first-order valence-electron chi connectivity index (χ1n) is 10.6. The minimum absolute atomic E-state index is 0.107. The number of unbranched alkanes of at least 4 members (excludes halogenated alkanes) is 1. The van der Waals surface area contributed by atoms with E-state index in [2.05, 4.69) is 10.6 Å². The van der Waals surface area contributed by atoms with Gasteiger partial charge in [-0.25, -0.2) is 0 Å². The number of amides is 3. The zero-order valence-electron chi connectivity index (χ0n) is 18.6. The first kappa shape index (κ1) is 24.9. The number of carbonyl (C=O) groups excluding carboxylic acids is 3. The van der Waals surface area contributed by atoms with Crippen molar-refractivity contribution in [2.75, 3.05) is 38.7 Å². The highest BCUT2D eigenvalue weighted by atomic mass is 16.5. The number of ether oxygens (including phenoxy) is 2. The van der Waals surface area contributed by atoms with Crippen molar-refractivity contribution in [1.29, 1.82) is 0 Å². The van der Waals surface area contributed by atoms with Gasteiger partial charge in [0.25, 0.3) is 0 Å². The molecule has 32 heavy (non-hydrogen) atoms. The number of hydrogen-bond donors (Lipinski definition) is 2. The largest absolute Gasteiger partial charge is 0.497 e. The molecule has 3 amide bonds. The molecule has 0 fully saturated rings. The van der Waals surface area contributed by atoms with E-state index in [1.807, 2.05) is 37.3 Å². The van der Waals surface area contributed by atoms with Gasteiger partial charge in [0.05, 0.1) is 26.8 Å². The molecule has 0 aliphatic heterocycles. The first-order valence-corrected chi connectivity index (χ1v) is 10.6. The van der Waals surface area contributed by atoms with E-state index < -0.39 is 5.91 Å². The number of benzene rings is 2. The smallest absolute Gasteiger partial charge is 0.249 e. The molecule has 0 aliphatic rings. The lowest BCUT2D eigenvalue weighted by Crippen LogP contribution is -2.44. The summed E-state index contributed by atoms with van der Waals surface area (Å²) in [6.07, 6.45) is 1.66. The standard InChI is InChI=1S/C24H31N3O5/c1-3-4-14-27(24(30)18-32-17-19-8-6-5-7-9-19)16-23(29)25-15-22(28)26-20-10-12-21(31-2)13-11-20/h5-13H,3-4,14-18H2,1-2H3,(H,25,29)(H,26,28). The quantitative estimate of drug-likeness (QED) is 0.498. The fourth-order valence-electron chi connectivity index (χ4n) is 2.85. The predicted molar refractivity (Wildman–Crippen MR) is 122 cm³/mol. The van der Waals surface area contributed by atoms with Crippen molar-refractivity contribution in [2.45, 2.75) is 26.4 Å². The maximum Gasteiger partial charge on any atom is 0.249 e. The fraction of sp³-hybridized carbons (Fsp3) is 0.375. The lowest BCUT2D eigenvalue weighted by molar-refractivity contribution is -0.140. The van der Waals surface area contributed by atoms with Gasteiger partial charge in [-0.15, -0.1) is 0 Å². The van der Waals surface area contributed by atoms with Gasteiger partial charge in [0.15, 0.2) is 0 Å². The summed E-state index contributed by atoms with van der Waals surface area (Å²) in [4.78, 5) is 38.4. The van der Waals surface area contributed by atoms with Crippen LogP contribution in [-0.2, 0) is 25.7 Å². The number of hydrogen-bond acceptors (Lipinski definition) is 5. The Labute approximate surface area is 188 Å². The molecule has 0 unspecified atom stereocenters. The number of nitrogens with zero attached hydrogens (tertiary/aromatic N) is 1. The van der Waals surface area contributed by atoms with Crippen molar-refractivity contribution >= 4 is 23.4 Å². The zero-order valence-corrected chi connectivity index (χ0v) is 18.6. The van der Waals surface area contributed by atoms with Crippen LogP contribution in [-0.4, -0.2) is 56.0 Å². The molecular weight excluding hydrogens is 410 g/mol. The van der Waals surface area contributed by atoms with Crippen LogP contribution >= 0.6 is 0 Å². The van der Waals surface area contributed by atoms with Crippen molar-refractivity contribution in [2.24, 2.45) is 0 Å². The van der Waals surface area contributed by atoms with Gasteiger partial charge in [-0.2, -0.15) is 0 Å². The lowest BCUT2D eigenvalue weighted by atomic mass is 10.2. The van der Waals surface area contributed by atoms with Gasteiger partial charge in [0, 0.05) is 12.2 Å². The highest BCUT2D eigenvalue weighted by molar-refractivity contribution is 5.95. The molecule has 2 N–H and O–H groups in total. The number of nitrogens with one attached hydrogen (secondary N) is 2. The summed E-state index contributed by atoms with van der Waals surface area (Å²) < 4.78 is 10.6. The van der Waals surface area contributed by atoms with Crippen molar-refractivity contribution in [3.63, 3.8) is 0 Å². The monoisotopic (exact) mass is 441 g/mol. The molecule has 0 aliphatic carbocycles. The number of anilines is 1. The van der Waals surface area contributed by atoms with Crippen LogP contribution in [0, 0.1) is 0 Å². The van der Waals surface area contributed by atoms with E-state index in [0.29, 0.717) is 24.6 Å². The molecule has 8 nitrogen and oxygen atoms in total. The Morgan fingerprint density at radius 3 is 2.34 bits per heavy atom. The van der Waals surface area contributed by atoms with E-state index in [1.54, 1.807) is 31.4 Å². The van der Waals surface area contributed by atoms with Gasteiger partial charge in [0.1, 0.15) is 12.4 Å². The van der Waals surface area contributed by atoms with Gasteiger partial charge in [-0.3, -0.25) is 14.4 Å². The molecule has 0 heterocycles. The highest BCUT2D eigenvalue weighted by Gasteiger charge is 2.17. The van der Waals surface area contributed by atoms with Gasteiger partial charge in [-0.05, 0) is 36.2 Å². The SMILES string of the molecule is CCCCN(CC(=O)NCC(=O)Nc1ccc(OC)cc1)C(=O)COCc1ccccc1. The topological polar surface area (TPSA) is 97.0 Å². The van der Waals surface area contributed by atoms with Crippen LogP contribution in [0.3, 0.4) is 0 Å².